The highest BCUT2D eigenvalue weighted by molar-refractivity contribution is 7.80. The number of carbonyl (C=O) groups is 1. The molecule has 3 heterocycles. The molecule has 0 aliphatic carbocycles. The van der Waals surface area contributed by atoms with Gasteiger partial charge in [0.2, 0.25) is 5.78 Å². The summed E-state index contributed by atoms with van der Waals surface area (Å²) in [6.07, 6.45) is 1.87. The molecule has 194 valence electrons. The third-order valence-corrected chi connectivity index (χ3v) is 7.55. The maximum absolute atomic E-state index is 13.3. The maximum atomic E-state index is 13.3. The van der Waals surface area contributed by atoms with Crippen LogP contribution in [0.5, 0.6) is 11.5 Å². The van der Waals surface area contributed by atoms with E-state index in [0.717, 1.165) is 72.9 Å². The number of hydrogen-bond donors (Lipinski definition) is 2. The standard InChI is InChI=1S/C28H33N5O3S/c1-18-21(17-26-27(34)23-15-19(30-28(37)29-2)5-8-25(23)36-26)22-16-20(35-4)6-7-24(22)33(18)14-13-32-11-9-31(3)10-12-32/h5-8,15-17H,9-14H2,1-4H3,(H2,29,30,37). The van der Waals surface area contributed by atoms with Crippen molar-refractivity contribution in [3.63, 3.8) is 0 Å². The van der Waals surface area contributed by atoms with E-state index in [2.05, 4.69) is 45.0 Å². The highest BCUT2D eigenvalue weighted by Gasteiger charge is 2.29. The number of piperazine rings is 1. The van der Waals surface area contributed by atoms with E-state index in [-0.39, 0.29) is 5.78 Å². The van der Waals surface area contributed by atoms with Crippen molar-refractivity contribution in [1.29, 1.82) is 0 Å². The Kier molecular flexibility index (Phi) is 7.19. The number of hydrogen-bond acceptors (Lipinski definition) is 6. The third kappa shape index (κ3) is 5.07. The number of nitrogens with one attached hydrogen (secondary N) is 2. The number of ether oxygens (including phenoxy) is 2. The van der Waals surface area contributed by atoms with Gasteiger partial charge in [-0.25, -0.2) is 0 Å². The van der Waals surface area contributed by atoms with Crippen LogP contribution in [0.15, 0.2) is 42.2 Å². The number of ketones is 1. The Morgan fingerprint density at radius 2 is 1.92 bits per heavy atom. The summed E-state index contributed by atoms with van der Waals surface area (Å²) in [5, 5.41) is 7.47. The lowest BCUT2D eigenvalue weighted by atomic mass is 10.1. The van der Waals surface area contributed by atoms with Crippen LogP contribution in [0.3, 0.4) is 0 Å². The molecule has 0 atom stereocenters. The second kappa shape index (κ2) is 10.5. The molecule has 3 aromatic rings. The lowest BCUT2D eigenvalue weighted by Gasteiger charge is -2.32. The number of anilines is 1. The Morgan fingerprint density at radius 3 is 2.65 bits per heavy atom. The first kappa shape index (κ1) is 25.3. The molecule has 0 saturated carbocycles. The molecular formula is C28H33N5O3S. The van der Waals surface area contributed by atoms with Crippen LogP contribution in [-0.4, -0.2) is 79.2 Å². The molecular weight excluding hydrogens is 486 g/mol. The van der Waals surface area contributed by atoms with Crippen molar-refractivity contribution in [3.05, 3.63) is 59.0 Å². The van der Waals surface area contributed by atoms with E-state index in [1.54, 1.807) is 26.3 Å². The van der Waals surface area contributed by atoms with E-state index >= 15 is 0 Å². The first-order valence-electron chi connectivity index (χ1n) is 12.5. The number of rotatable bonds is 6. The number of fused-ring (bicyclic) bond motifs is 2. The van der Waals surface area contributed by atoms with Crippen LogP contribution in [0, 0.1) is 6.92 Å². The molecule has 8 nitrogen and oxygen atoms in total. The fourth-order valence-electron chi connectivity index (χ4n) is 4.99. The van der Waals surface area contributed by atoms with Crippen molar-refractivity contribution in [1.82, 2.24) is 19.7 Å². The average molecular weight is 520 g/mol. The molecule has 0 bridgehead atoms. The molecule has 0 radical (unpaired) electrons. The predicted molar refractivity (Wildman–Crippen MR) is 152 cm³/mol. The van der Waals surface area contributed by atoms with Gasteiger partial charge in [-0.1, -0.05) is 0 Å². The van der Waals surface area contributed by atoms with Crippen LogP contribution < -0.4 is 20.1 Å². The monoisotopic (exact) mass is 519 g/mol. The molecule has 1 fully saturated rings. The number of aromatic nitrogens is 1. The molecule has 37 heavy (non-hydrogen) atoms. The molecule has 1 aromatic heterocycles. The average Bonchev–Trinajstić information content (AvgIpc) is 3.36. The third-order valence-electron chi connectivity index (χ3n) is 7.24. The fraction of sp³-hybridized carbons (Fsp3) is 0.357. The minimum absolute atomic E-state index is 0.144. The van der Waals surface area contributed by atoms with Gasteiger partial charge < -0.3 is 29.6 Å². The van der Waals surface area contributed by atoms with Gasteiger partial charge in [-0.3, -0.25) is 9.69 Å². The summed E-state index contributed by atoms with van der Waals surface area (Å²) >= 11 is 5.19. The molecule has 0 spiro atoms. The Bertz CT molecular complexity index is 1390. The van der Waals surface area contributed by atoms with E-state index in [1.165, 1.54) is 0 Å². The normalized spacial score (nSPS) is 17.2. The molecule has 2 aromatic carbocycles. The van der Waals surface area contributed by atoms with Crippen LogP contribution >= 0.6 is 12.2 Å². The second-order valence-corrected chi connectivity index (χ2v) is 9.94. The van der Waals surface area contributed by atoms with E-state index < -0.39 is 0 Å². The summed E-state index contributed by atoms with van der Waals surface area (Å²) in [5.74, 6) is 1.50. The number of Topliss-reactive ketones (excluding diaryl/α,β-unsaturated/α-hetero) is 1. The van der Waals surface area contributed by atoms with E-state index in [9.17, 15) is 4.79 Å². The fourth-order valence-corrected chi connectivity index (χ4v) is 5.11. The molecule has 1 saturated heterocycles. The summed E-state index contributed by atoms with van der Waals surface area (Å²) in [7, 11) is 5.59. The zero-order valence-corrected chi connectivity index (χ0v) is 22.6. The van der Waals surface area contributed by atoms with Gasteiger partial charge >= 0.3 is 0 Å². The van der Waals surface area contributed by atoms with Crippen molar-refractivity contribution in [2.24, 2.45) is 0 Å². The molecule has 9 heteroatoms. The molecule has 0 unspecified atom stereocenters. The largest absolute Gasteiger partial charge is 0.497 e. The highest BCUT2D eigenvalue weighted by Crippen LogP contribution is 2.36. The van der Waals surface area contributed by atoms with Crippen molar-refractivity contribution < 1.29 is 14.3 Å². The Labute approximate surface area is 222 Å². The lowest BCUT2D eigenvalue weighted by molar-refractivity contribution is 0.101. The Morgan fingerprint density at radius 1 is 1.14 bits per heavy atom. The van der Waals surface area contributed by atoms with Gasteiger partial charge in [0.1, 0.15) is 11.5 Å². The minimum atomic E-state index is -0.144. The number of likely N-dealkylation sites (N-methyl/N-ethyl adjacent to an activating group) is 1. The topological polar surface area (TPSA) is 71.0 Å². The van der Waals surface area contributed by atoms with Crippen LogP contribution in [0.2, 0.25) is 0 Å². The number of allylic oxidation sites excluding steroid dienone is 1. The summed E-state index contributed by atoms with van der Waals surface area (Å²) in [6.45, 7) is 8.31. The van der Waals surface area contributed by atoms with Crippen LogP contribution in [0.25, 0.3) is 17.0 Å². The zero-order chi connectivity index (χ0) is 26.1. The summed E-state index contributed by atoms with van der Waals surface area (Å²) < 4.78 is 13.9. The number of carbonyl (C=O) groups excluding carboxylic acids is 1. The minimum Gasteiger partial charge on any atom is -0.497 e. The summed E-state index contributed by atoms with van der Waals surface area (Å²) in [4.78, 5) is 18.2. The highest BCUT2D eigenvalue weighted by atomic mass is 32.1. The lowest BCUT2D eigenvalue weighted by Crippen LogP contribution is -2.45. The van der Waals surface area contributed by atoms with Crippen molar-refractivity contribution in [2.75, 3.05) is 59.2 Å². The van der Waals surface area contributed by atoms with Crippen LogP contribution in [-0.2, 0) is 6.54 Å². The van der Waals surface area contributed by atoms with Gasteiger partial charge in [-0.15, -0.1) is 0 Å². The van der Waals surface area contributed by atoms with Crippen LogP contribution in [0.1, 0.15) is 21.6 Å². The van der Waals surface area contributed by atoms with E-state index in [0.29, 0.717) is 22.2 Å². The summed E-state index contributed by atoms with van der Waals surface area (Å²) in [5.41, 5.74) is 4.44. The smallest absolute Gasteiger partial charge is 0.232 e. The van der Waals surface area contributed by atoms with Crippen molar-refractivity contribution in [2.45, 2.75) is 13.5 Å². The van der Waals surface area contributed by atoms with E-state index in [4.69, 9.17) is 21.7 Å². The van der Waals surface area contributed by atoms with Crippen LogP contribution in [0.4, 0.5) is 5.69 Å². The molecule has 2 aliphatic heterocycles. The Balaban J connectivity index is 1.47. The van der Waals surface area contributed by atoms with Crippen molar-refractivity contribution >= 4 is 45.8 Å². The quantitative estimate of drug-likeness (QED) is 0.377. The molecule has 5 rings (SSSR count). The van der Waals surface area contributed by atoms with Crippen molar-refractivity contribution in [3.8, 4) is 11.5 Å². The van der Waals surface area contributed by atoms with Gasteiger partial charge in [0.05, 0.1) is 12.7 Å². The first-order chi connectivity index (χ1) is 17.9. The number of thiocarbonyl (C=S) groups is 1. The first-order valence-corrected chi connectivity index (χ1v) is 12.9. The summed E-state index contributed by atoms with van der Waals surface area (Å²) in [6, 6.07) is 11.5. The Hall–Kier alpha value is -3.40. The predicted octanol–water partition coefficient (Wildman–Crippen LogP) is 3.74. The number of benzene rings is 2. The van der Waals surface area contributed by atoms with Gasteiger partial charge in [0, 0.05) is 74.2 Å². The van der Waals surface area contributed by atoms with E-state index in [1.807, 2.05) is 24.3 Å². The number of nitrogens with zero attached hydrogens (tertiary/aromatic N) is 3. The molecule has 0 amide bonds. The maximum Gasteiger partial charge on any atom is 0.232 e. The van der Waals surface area contributed by atoms with Gasteiger partial charge in [0.15, 0.2) is 10.9 Å². The zero-order valence-electron chi connectivity index (χ0n) is 21.8. The molecule has 2 aliphatic rings. The van der Waals surface area contributed by atoms with Gasteiger partial charge in [-0.05, 0) is 68.7 Å². The number of methoxy groups -OCH3 is 1. The SMILES string of the molecule is CNC(=S)Nc1ccc2c(c1)C(=O)C(=Cc1c(C)n(CCN3CCN(C)CC3)c3ccc(OC)cc13)O2. The van der Waals surface area contributed by atoms with Gasteiger partial charge in [0.25, 0.3) is 0 Å². The van der Waals surface area contributed by atoms with Gasteiger partial charge in [-0.2, -0.15) is 0 Å². The second-order valence-electron chi connectivity index (χ2n) is 9.53. The molecule has 2 N–H and O–H groups in total.